The summed E-state index contributed by atoms with van der Waals surface area (Å²) in [5.41, 5.74) is 2.30. The van der Waals surface area contributed by atoms with E-state index in [-0.39, 0.29) is 12.1 Å². The van der Waals surface area contributed by atoms with Gasteiger partial charge in [0.25, 0.3) is 0 Å². The molecular weight excluding hydrogens is 420 g/mol. The molecule has 0 bridgehead atoms. The summed E-state index contributed by atoms with van der Waals surface area (Å²) in [5, 5.41) is 7.45. The van der Waals surface area contributed by atoms with Gasteiger partial charge < -0.3 is 15.5 Å². The average molecular weight is 447 g/mol. The number of rotatable bonds is 5. The van der Waals surface area contributed by atoms with Gasteiger partial charge in [0.05, 0.1) is 6.04 Å². The molecule has 144 valence electrons. The Hall–Kier alpha value is -1.47. The predicted octanol–water partition coefficient (Wildman–Crippen LogP) is 4.11. The van der Waals surface area contributed by atoms with Crippen LogP contribution in [0, 0.1) is 0 Å². The van der Waals surface area contributed by atoms with Gasteiger partial charge in [-0.3, -0.25) is 4.90 Å². The Bertz CT molecular complexity index is 747. The minimum absolute atomic E-state index is 0.183. The van der Waals surface area contributed by atoms with Crippen molar-refractivity contribution in [2.24, 2.45) is 0 Å². The van der Waals surface area contributed by atoms with Gasteiger partial charge in [-0.25, -0.2) is 0 Å². The van der Waals surface area contributed by atoms with Crippen LogP contribution >= 0.6 is 28.1 Å². The van der Waals surface area contributed by atoms with Gasteiger partial charge in [0, 0.05) is 42.4 Å². The third-order valence-electron chi connectivity index (χ3n) is 4.99. The van der Waals surface area contributed by atoms with E-state index in [9.17, 15) is 0 Å². The Balaban J connectivity index is 1.70. The summed E-state index contributed by atoms with van der Waals surface area (Å²) in [7, 11) is 2.19. The molecule has 1 aliphatic heterocycles. The molecule has 0 amide bonds. The number of piperazine rings is 1. The molecule has 0 unspecified atom stereocenters. The van der Waals surface area contributed by atoms with Crippen molar-refractivity contribution < 1.29 is 0 Å². The number of nitrogens with zero attached hydrogens (tertiary/aromatic N) is 2. The highest BCUT2D eigenvalue weighted by Crippen LogP contribution is 2.26. The van der Waals surface area contributed by atoms with Crippen LogP contribution in [0.3, 0.4) is 0 Å². The number of nitrogens with one attached hydrogen (secondary N) is 2. The highest BCUT2D eigenvalue weighted by Gasteiger charge is 2.28. The van der Waals surface area contributed by atoms with Crippen molar-refractivity contribution in [1.82, 2.24) is 15.1 Å². The van der Waals surface area contributed by atoms with Crippen LogP contribution in [0.4, 0.5) is 5.69 Å². The lowest BCUT2D eigenvalue weighted by Gasteiger charge is -2.41. The number of hydrogen-bond donors (Lipinski definition) is 2. The maximum absolute atomic E-state index is 5.58. The Morgan fingerprint density at radius 1 is 1.04 bits per heavy atom. The zero-order valence-corrected chi connectivity index (χ0v) is 18.3. The summed E-state index contributed by atoms with van der Waals surface area (Å²) >= 11 is 9.08. The van der Waals surface area contributed by atoms with Gasteiger partial charge in [-0.1, -0.05) is 52.3 Å². The molecule has 2 aromatic rings. The fourth-order valence-electron chi connectivity index (χ4n) is 3.59. The van der Waals surface area contributed by atoms with Gasteiger partial charge in [-0.2, -0.15) is 0 Å². The molecule has 0 spiro atoms. The van der Waals surface area contributed by atoms with Crippen molar-refractivity contribution in [2.75, 3.05) is 38.5 Å². The smallest absolute Gasteiger partial charge is 0.171 e. The van der Waals surface area contributed by atoms with E-state index in [2.05, 4.69) is 80.7 Å². The van der Waals surface area contributed by atoms with Crippen LogP contribution in [-0.2, 0) is 0 Å². The number of likely N-dealkylation sites (N-methyl/N-ethyl adjacent to an activating group) is 1. The lowest BCUT2D eigenvalue weighted by Crippen LogP contribution is -2.52. The maximum atomic E-state index is 5.58. The topological polar surface area (TPSA) is 30.5 Å². The van der Waals surface area contributed by atoms with Crippen molar-refractivity contribution in [1.29, 1.82) is 0 Å². The van der Waals surface area contributed by atoms with Crippen molar-refractivity contribution in [3.05, 3.63) is 64.6 Å². The fraction of sp³-hybridized carbons (Fsp3) is 0.381. The first-order chi connectivity index (χ1) is 13.0. The molecule has 27 heavy (non-hydrogen) atoms. The number of halogens is 1. The lowest BCUT2D eigenvalue weighted by atomic mass is 9.98. The molecule has 2 aromatic carbocycles. The van der Waals surface area contributed by atoms with Crippen LogP contribution < -0.4 is 10.6 Å². The van der Waals surface area contributed by atoms with Crippen LogP contribution in [-0.4, -0.2) is 54.2 Å². The number of anilines is 1. The molecule has 3 rings (SSSR count). The summed E-state index contributed by atoms with van der Waals surface area (Å²) in [5.74, 6) is 0. The van der Waals surface area contributed by atoms with E-state index in [4.69, 9.17) is 12.2 Å². The molecule has 1 saturated heterocycles. The van der Waals surface area contributed by atoms with Crippen LogP contribution in [0.1, 0.15) is 18.5 Å². The van der Waals surface area contributed by atoms with Crippen LogP contribution in [0.2, 0.25) is 0 Å². The molecule has 2 atom stereocenters. The van der Waals surface area contributed by atoms with E-state index in [0.29, 0.717) is 5.11 Å². The van der Waals surface area contributed by atoms with Gasteiger partial charge in [-0.05, 0) is 50.0 Å². The maximum Gasteiger partial charge on any atom is 0.171 e. The molecule has 0 saturated carbocycles. The van der Waals surface area contributed by atoms with Crippen LogP contribution in [0.25, 0.3) is 0 Å². The second-order valence-corrected chi connectivity index (χ2v) is 8.42. The minimum atomic E-state index is 0.183. The molecule has 1 fully saturated rings. The average Bonchev–Trinajstić information content (AvgIpc) is 2.64. The third-order valence-corrected chi connectivity index (χ3v) is 5.70. The quantitative estimate of drug-likeness (QED) is 0.674. The molecule has 0 aromatic heterocycles. The van der Waals surface area contributed by atoms with Gasteiger partial charge in [0.1, 0.15) is 0 Å². The summed E-state index contributed by atoms with van der Waals surface area (Å²) in [6.45, 7) is 6.53. The molecule has 6 heteroatoms. The van der Waals surface area contributed by atoms with E-state index < -0.39 is 0 Å². The SMILES string of the molecule is C[C@H](NC(=S)Nc1cccc(Br)c1)[C@@H](c1ccccc1)N1CCN(C)CC1. The molecule has 4 nitrogen and oxygen atoms in total. The first-order valence-electron chi connectivity index (χ1n) is 9.33. The summed E-state index contributed by atoms with van der Waals surface area (Å²) < 4.78 is 1.03. The Kier molecular flexibility index (Phi) is 7.24. The fourth-order valence-corrected chi connectivity index (χ4v) is 4.29. The molecule has 0 aliphatic carbocycles. The molecule has 2 N–H and O–H groups in total. The highest BCUT2D eigenvalue weighted by molar-refractivity contribution is 9.10. The Morgan fingerprint density at radius 2 is 1.74 bits per heavy atom. The minimum Gasteiger partial charge on any atom is -0.358 e. The summed E-state index contributed by atoms with van der Waals surface area (Å²) in [6.07, 6.45) is 0. The number of thiocarbonyl (C=S) groups is 1. The second kappa shape index (κ2) is 9.64. The largest absolute Gasteiger partial charge is 0.358 e. The zero-order valence-electron chi connectivity index (χ0n) is 15.9. The van der Waals surface area contributed by atoms with Gasteiger partial charge in [-0.15, -0.1) is 0 Å². The highest BCUT2D eigenvalue weighted by atomic mass is 79.9. The second-order valence-electron chi connectivity index (χ2n) is 7.09. The van der Waals surface area contributed by atoms with Gasteiger partial charge in [0.2, 0.25) is 0 Å². The standard InChI is InChI=1S/C21H27BrN4S/c1-16(23-21(27)24-19-10-6-9-18(22)15-19)20(17-7-4-3-5-8-17)26-13-11-25(2)12-14-26/h3-10,15-16,20H,11-14H2,1-2H3,(H2,23,24,27)/t16-,20-/m0/s1. The van der Waals surface area contributed by atoms with Crippen LogP contribution in [0.15, 0.2) is 59.1 Å². The normalized spacial score (nSPS) is 17.9. The van der Waals surface area contributed by atoms with Gasteiger partial charge >= 0.3 is 0 Å². The number of benzene rings is 2. The zero-order chi connectivity index (χ0) is 19.2. The van der Waals surface area contributed by atoms with E-state index in [0.717, 1.165) is 36.3 Å². The molecule has 1 heterocycles. The third kappa shape index (κ3) is 5.75. The van der Waals surface area contributed by atoms with E-state index in [1.54, 1.807) is 0 Å². The summed E-state index contributed by atoms with van der Waals surface area (Å²) in [4.78, 5) is 4.95. The van der Waals surface area contributed by atoms with Crippen molar-refractivity contribution in [2.45, 2.75) is 19.0 Å². The predicted molar refractivity (Wildman–Crippen MR) is 121 cm³/mol. The molecule has 0 radical (unpaired) electrons. The molecule has 1 aliphatic rings. The van der Waals surface area contributed by atoms with E-state index in [1.807, 2.05) is 24.3 Å². The van der Waals surface area contributed by atoms with Crippen LogP contribution in [0.5, 0.6) is 0 Å². The van der Waals surface area contributed by atoms with Crippen molar-refractivity contribution >= 4 is 38.9 Å². The van der Waals surface area contributed by atoms with Crippen molar-refractivity contribution in [3.8, 4) is 0 Å². The van der Waals surface area contributed by atoms with Crippen molar-refractivity contribution in [3.63, 3.8) is 0 Å². The number of hydrogen-bond acceptors (Lipinski definition) is 3. The van der Waals surface area contributed by atoms with E-state index in [1.165, 1.54) is 5.56 Å². The first-order valence-corrected chi connectivity index (χ1v) is 10.5. The lowest BCUT2D eigenvalue weighted by molar-refractivity contribution is 0.0973. The van der Waals surface area contributed by atoms with Gasteiger partial charge in [0.15, 0.2) is 5.11 Å². The Morgan fingerprint density at radius 3 is 2.41 bits per heavy atom. The summed E-state index contributed by atoms with van der Waals surface area (Å²) in [6, 6.07) is 19.2. The Labute approximate surface area is 176 Å². The molecular formula is C21H27BrN4S. The first kappa shape index (κ1) is 20.3. The van der Waals surface area contributed by atoms with E-state index >= 15 is 0 Å². The monoisotopic (exact) mass is 446 g/mol.